The average Bonchev–Trinajstić information content (AvgIpc) is 3.03. The number of benzene rings is 1. The van der Waals surface area contributed by atoms with Gasteiger partial charge in [-0.1, -0.05) is 11.6 Å². The van der Waals surface area contributed by atoms with Crippen molar-refractivity contribution in [1.82, 2.24) is 21.4 Å². The van der Waals surface area contributed by atoms with Crippen LogP contribution in [0.2, 0.25) is 5.02 Å². The van der Waals surface area contributed by atoms with E-state index in [2.05, 4.69) is 26.2 Å². The lowest BCUT2D eigenvalue weighted by atomic mass is 10.1. The van der Waals surface area contributed by atoms with Crippen molar-refractivity contribution in [2.75, 3.05) is 11.3 Å². The summed E-state index contributed by atoms with van der Waals surface area (Å²) in [6.07, 6.45) is 0. The number of carbonyl (C=O) groups excluding carboxylic acids is 1. The van der Waals surface area contributed by atoms with E-state index in [1.54, 1.807) is 6.92 Å². The fourth-order valence-electron chi connectivity index (χ4n) is 1.96. The first-order chi connectivity index (χ1) is 13.4. The lowest BCUT2D eigenvalue weighted by Crippen LogP contribution is -2.47. The minimum absolute atomic E-state index is 0.0427. The number of nitrogens with zero attached hydrogens (tertiary/aromatic N) is 2. The minimum Gasteiger partial charge on any atom is -0.433 e. The number of ether oxygens (including phenoxy) is 1. The Bertz CT molecular complexity index is 926. The Morgan fingerprint density at radius 3 is 2.59 bits per heavy atom. The van der Waals surface area contributed by atoms with Crippen LogP contribution in [0.3, 0.4) is 0 Å². The highest BCUT2D eigenvalue weighted by atomic mass is 35.5. The smallest absolute Gasteiger partial charge is 0.433 e. The van der Waals surface area contributed by atoms with Gasteiger partial charge in [0, 0.05) is 6.54 Å². The lowest BCUT2D eigenvalue weighted by Gasteiger charge is -2.19. The number of hydrogen-bond donors (Lipinski definition) is 4. The molecule has 1 aliphatic heterocycles. The van der Waals surface area contributed by atoms with E-state index in [4.69, 9.17) is 11.6 Å². The van der Waals surface area contributed by atoms with E-state index in [1.165, 1.54) is 5.01 Å². The van der Waals surface area contributed by atoms with E-state index < -0.39 is 50.1 Å². The molecular weight excluding hydrogens is 455 g/mol. The summed E-state index contributed by atoms with van der Waals surface area (Å²) in [6.45, 7) is -1.49. The maximum atomic E-state index is 12.7. The third-order valence-corrected chi connectivity index (χ3v) is 4.72. The van der Waals surface area contributed by atoms with Crippen LogP contribution >= 0.6 is 11.6 Å². The van der Waals surface area contributed by atoms with Crippen LogP contribution in [0, 0.1) is 0 Å². The summed E-state index contributed by atoms with van der Waals surface area (Å²) in [5.74, 6) is -2.08. The number of sulfonamides is 1. The van der Waals surface area contributed by atoms with Gasteiger partial charge in [-0.15, -0.1) is 10.6 Å². The first-order valence-electron chi connectivity index (χ1n) is 7.41. The fourth-order valence-corrected chi connectivity index (χ4v) is 2.89. The molecule has 17 heteroatoms. The molecule has 0 aromatic heterocycles. The second kappa shape index (κ2) is 8.42. The quantitative estimate of drug-likeness (QED) is 0.469. The van der Waals surface area contributed by atoms with E-state index in [0.717, 1.165) is 10.8 Å². The standard InChI is InChI=1S/C12H12ClF5N6O4S/c1-2-24-11(20-22-23-24)19-9(25)5-3-4-6(28-10(14)15)8(7(5)13)21-29(26,27)12(16,17)18/h3-4,10,21-23H,2H2,1H3,(H,19,20,25). The number of carbonyl (C=O) groups is 1. The summed E-state index contributed by atoms with van der Waals surface area (Å²) in [5, 5.41) is 6.35. The Morgan fingerprint density at radius 1 is 1.38 bits per heavy atom. The zero-order valence-electron chi connectivity index (χ0n) is 14.1. The van der Waals surface area contributed by atoms with Gasteiger partial charge in [0.25, 0.3) is 5.91 Å². The molecule has 1 aliphatic rings. The number of amides is 1. The highest BCUT2D eigenvalue weighted by Gasteiger charge is 2.47. The van der Waals surface area contributed by atoms with E-state index in [-0.39, 0.29) is 5.96 Å². The molecule has 0 aliphatic carbocycles. The SMILES string of the molecule is CCN1NNN=C1NC(=O)c1ccc(OC(F)F)c(NS(=O)(=O)C(F)(F)F)c1Cl. The van der Waals surface area contributed by atoms with Crippen LogP contribution in [0.1, 0.15) is 17.3 Å². The second-order valence-electron chi connectivity index (χ2n) is 5.09. The molecule has 1 aromatic carbocycles. The van der Waals surface area contributed by atoms with Crippen LogP contribution in [0.15, 0.2) is 17.2 Å². The molecule has 1 amide bonds. The lowest BCUT2D eigenvalue weighted by molar-refractivity contribution is -0.0493. The first kappa shape index (κ1) is 22.7. The van der Waals surface area contributed by atoms with E-state index >= 15 is 0 Å². The number of halogens is 6. The Hall–Kier alpha value is -2.59. The molecule has 162 valence electrons. The molecular formula is C12H12ClF5N6O4S. The number of nitrogens with one attached hydrogen (secondary N) is 4. The molecule has 1 aromatic rings. The van der Waals surface area contributed by atoms with E-state index in [9.17, 15) is 35.2 Å². The molecule has 0 saturated carbocycles. The monoisotopic (exact) mass is 466 g/mol. The predicted molar refractivity (Wildman–Crippen MR) is 90.2 cm³/mol. The molecule has 4 N–H and O–H groups in total. The van der Waals surface area contributed by atoms with Gasteiger partial charge in [0.1, 0.15) is 5.69 Å². The van der Waals surface area contributed by atoms with Gasteiger partial charge in [-0.2, -0.15) is 30.4 Å². The summed E-state index contributed by atoms with van der Waals surface area (Å²) >= 11 is 5.84. The zero-order valence-corrected chi connectivity index (χ0v) is 15.7. The fraction of sp³-hybridized carbons (Fsp3) is 0.333. The predicted octanol–water partition coefficient (Wildman–Crippen LogP) is 1.55. The van der Waals surface area contributed by atoms with Crippen molar-refractivity contribution >= 4 is 39.2 Å². The van der Waals surface area contributed by atoms with Crippen LogP contribution in [-0.4, -0.2) is 44.0 Å². The topological polar surface area (TPSA) is 124 Å². The zero-order chi connectivity index (χ0) is 22.0. The number of hydrogen-bond acceptors (Lipinski definition) is 8. The van der Waals surface area contributed by atoms with Crippen LogP contribution in [-0.2, 0) is 10.0 Å². The van der Waals surface area contributed by atoms with Crippen molar-refractivity contribution in [3.63, 3.8) is 0 Å². The van der Waals surface area contributed by atoms with Crippen LogP contribution < -0.4 is 25.8 Å². The molecule has 0 unspecified atom stereocenters. The number of guanidine groups is 1. The van der Waals surface area contributed by atoms with Crippen LogP contribution in [0.4, 0.5) is 27.6 Å². The highest BCUT2D eigenvalue weighted by Crippen LogP contribution is 2.39. The van der Waals surface area contributed by atoms with Crippen molar-refractivity contribution in [3.8, 4) is 5.75 Å². The number of rotatable bonds is 6. The van der Waals surface area contributed by atoms with Crippen molar-refractivity contribution in [1.29, 1.82) is 0 Å². The minimum atomic E-state index is -6.05. The Kier molecular flexibility index (Phi) is 6.59. The number of anilines is 1. The average molecular weight is 467 g/mol. The number of alkyl halides is 5. The van der Waals surface area contributed by atoms with Crippen molar-refractivity contribution in [3.05, 3.63) is 22.7 Å². The third kappa shape index (κ3) is 5.07. The number of hydrazine groups is 2. The summed E-state index contributed by atoms with van der Waals surface area (Å²) in [5.41, 5.74) is -2.65. The Morgan fingerprint density at radius 2 is 2.03 bits per heavy atom. The van der Waals surface area contributed by atoms with Gasteiger partial charge in [-0.25, -0.2) is 5.53 Å². The molecule has 0 atom stereocenters. The highest BCUT2D eigenvalue weighted by molar-refractivity contribution is 7.93. The van der Waals surface area contributed by atoms with Gasteiger partial charge in [-0.05, 0) is 19.1 Å². The van der Waals surface area contributed by atoms with Gasteiger partial charge < -0.3 is 4.74 Å². The molecule has 1 heterocycles. The number of hydrazone groups is 1. The van der Waals surface area contributed by atoms with Gasteiger partial charge in [0.2, 0.25) is 5.96 Å². The maximum Gasteiger partial charge on any atom is 0.516 e. The van der Waals surface area contributed by atoms with Crippen molar-refractivity contribution in [2.45, 2.75) is 19.0 Å². The van der Waals surface area contributed by atoms with E-state index in [1.807, 2.05) is 0 Å². The Balaban J connectivity index is 2.44. The van der Waals surface area contributed by atoms with Gasteiger partial charge in [0.05, 0.1) is 10.6 Å². The summed E-state index contributed by atoms with van der Waals surface area (Å²) in [6, 6.07) is 1.51. The summed E-state index contributed by atoms with van der Waals surface area (Å²) in [4.78, 5) is 12.4. The molecule has 0 spiro atoms. The molecule has 0 fully saturated rings. The van der Waals surface area contributed by atoms with Crippen molar-refractivity contribution < 1.29 is 39.9 Å². The summed E-state index contributed by atoms with van der Waals surface area (Å²) < 4.78 is 90.8. The molecule has 0 bridgehead atoms. The van der Waals surface area contributed by atoms with Gasteiger partial charge in [-0.3, -0.25) is 19.8 Å². The molecule has 0 saturated heterocycles. The third-order valence-electron chi connectivity index (χ3n) is 3.25. The maximum absolute atomic E-state index is 12.7. The molecule has 29 heavy (non-hydrogen) atoms. The molecule has 2 rings (SSSR count). The van der Waals surface area contributed by atoms with Gasteiger partial charge in [0.15, 0.2) is 5.75 Å². The molecule has 0 radical (unpaired) electrons. The van der Waals surface area contributed by atoms with Crippen LogP contribution in [0.25, 0.3) is 0 Å². The normalized spacial score (nSPS) is 14.5. The second-order valence-corrected chi connectivity index (χ2v) is 7.14. The van der Waals surface area contributed by atoms with Gasteiger partial charge >= 0.3 is 22.1 Å². The van der Waals surface area contributed by atoms with Crippen LogP contribution in [0.5, 0.6) is 5.75 Å². The first-order valence-corrected chi connectivity index (χ1v) is 9.27. The van der Waals surface area contributed by atoms with E-state index in [0.29, 0.717) is 12.6 Å². The largest absolute Gasteiger partial charge is 0.516 e. The molecule has 10 nitrogen and oxygen atoms in total. The Labute approximate surface area is 165 Å². The van der Waals surface area contributed by atoms with Crippen molar-refractivity contribution in [2.24, 2.45) is 5.10 Å². The summed E-state index contributed by atoms with van der Waals surface area (Å²) in [7, 11) is -6.05.